The number of thiophene rings is 1. The number of aryl methyl sites for hydroxylation is 1. The highest BCUT2D eigenvalue weighted by Gasteiger charge is 2.19. The number of methoxy groups -OCH3 is 3. The molecule has 0 saturated heterocycles. The highest BCUT2D eigenvalue weighted by molar-refractivity contribution is 7.19. The molecule has 1 N–H and O–H groups in total. The summed E-state index contributed by atoms with van der Waals surface area (Å²) in [6, 6.07) is 11.0. The number of carboxylic acid groups (broad SMARTS) is 1. The van der Waals surface area contributed by atoms with Crippen molar-refractivity contribution < 1.29 is 28.8 Å². The summed E-state index contributed by atoms with van der Waals surface area (Å²) in [4.78, 5) is 11.9. The Morgan fingerprint density at radius 3 is 2.19 bits per heavy atom. The Bertz CT molecular complexity index is 945. The predicted octanol–water partition coefficient (Wildman–Crippen LogP) is 4.74. The Labute approximate surface area is 160 Å². The van der Waals surface area contributed by atoms with Gasteiger partial charge in [-0.25, -0.2) is 0 Å². The lowest BCUT2D eigenvalue weighted by atomic mass is 10.1. The standard InChI is InChI=1S/C20H20O6S/c1-23-12-4-6-13(7-5-12)26-20-14-10-15(24-2)16(25-3)11-18(14)27-17(20)8-9-19(21)22/h4-7,10-11H,8-9H2,1-3H3,(H,21,22). The quantitative estimate of drug-likeness (QED) is 0.601. The first-order valence-corrected chi connectivity index (χ1v) is 9.08. The molecular formula is C20H20O6S. The van der Waals surface area contributed by atoms with Crippen LogP contribution in [0.4, 0.5) is 0 Å². The number of carboxylic acids is 1. The van der Waals surface area contributed by atoms with E-state index in [1.807, 2.05) is 36.4 Å². The number of ether oxygens (including phenoxy) is 4. The van der Waals surface area contributed by atoms with Crippen molar-refractivity contribution in [3.05, 3.63) is 41.3 Å². The second-order valence-corrected chi connectivity index (χ2v) is 6.87. The molecule has 7 heteroatoms. The van der Waals surface area contributed by atoms with Gasteiger partial charge in [0.25, 0.3) is 0 Å². The van der Waals surface area contributed by atoms with Crippen LogP contribution in [-0.2, 0) is 11.2 Å². The van der Waals surface area contributed by atoms with Gasteiger partial charge in [0.15, 0.2) is 11.5 Å². The zero-order chi connectivity index (χ0) is 19.4. The molecule has 6 nitrogen and oxygen atoms in total. The SMILES string of the molecule is COc1ccc(Oc2c(CCC(=O)O)sc3cc(OC)c(OC)cc23)cc1. The summed E-state index contributed by atoms with van der Waals surface area (Å²) >= 11 is 1.49. The zero-order valence-electron chi connectivity index (χ0n) is 15.3. The van der Waals surface area contributed by atoms with Gasteiger partial charge in [-0.15, -0.1) is 11.3 Å². The van der Waals surface area contributed by atoms with E-state index in [0.717, 1.165) is 20.7 Å². The molecular weight excluding hydrogens is 368 g/mol. The van der Waals surface area contributed by atoms with Gasteiger partial charge in [-0.2, -0.15) is 0 Å². The third-order valence-electron chi connectivity index (χ3n) is 4.06. The molecule has 142 valence electrons. The van der Waals surface area contributed by atoms with Crippen molar-refractivity contribution in [3.63, 3.8) is 0 Å². The fraction of sp³-hybridized carbons (Fsp3) is 0.250. The van der Waals surface area contributed by atoms with Crippen LogP contribution in [0.25, 0.3) is 10.1 Å². The summed E-state index contributed by atoms with van der Waals surface area (Å²) in [6.45, 7) is 0. The lowest BCUT2D eigenvalue weighted by Crippen LogP contribution is -1.97. The molecule has 0 amide bonds. The molecule has 0 aliphatic heterocycles. The number of carbonyl (C=O) groups is 1. The Morgan fingerprint density at radius 2 is 1.59 bits per heavy atom. The van der Waals surface area contributed by atoms with Crippen LogP contribution in [-0.4, -0.2) is 32.4 Å². The van der Waals surface area contributed by atoms with E-state index < -0.39 is 5.97 Å². The van der Waals surface area contributed by atoms with E-state index in [4.69, 9.17) is 24.1 Å². The van der Waals surface area contributed by atoms with E-state index in [-0.39, 0.29) is 6.42 Å². The van der Waals surface area contributed by atoms with Gasteiger partial charge in [-0.1, -0.05) is 0 Å². The average Bonchev–Trinajstić information content (AvgIpc) is 3.02. The highest BCUT2D eigenvalue weighted by Crippen LogP contribution is 2.45. The normalized spacial score (nSPS) is 10.6. The Balaban J connectivity index is 2.07. The molecule has 3 rings (SSSR count). The molecule has 0 aliphatic carbocycles. The molecule has 0 unspecified atom stereocenters. The van der Waals surface area contributed by atoms with Crippen LogP contribution in [0.2, 0.25) is 0 Å². The molecule has 0 fully saturated rings. The molecule has 3 aromatic rings. The Morgan fingerprint density at radius 1 is 0.963 bits per heavy atom. The van der Waals surface area contributed by atoms with Crippen LogP contribution in [0.1, 0.15) is 11.3 Å². The fourth-order valence-electron chi connectivity index (χ4n) is 2.71. The molecule has 1 heterocycles. The minimum Gasteiger partial charge on any atom is -0.497 e. The van der Waals surface area contributed by atoms with E-state index in [9.17, 15) is 4.79 Å². The topological polar surface area (TPSA) is 74.2 Å². The first kappa shape index (κ1) is 18.8. The second kappa shape index (κ2) is 8.18. The summed E-state index contributed by atoms with van der Waals surface area (Å²) in [5.41, 5.74) is 0. The summed E-state index contributed by atoms with van der Waals surface area (Å²) in [6.07, 6.45) is 0.408. The Hall–Kier alpha value is -2.93. The van der Waals surface area contributed by atoms with Crippen molar-refractivity contribution >= 4 is 27.4 Å². The molecule has 0 atom stereocenters. The van der Waals surface area contributed by atoms with E-state index >= 15 is 0 Å². The van der Waals surface area contributed by atoms with E-state index in [1.54, 1.807) is 21.3 Å². The molecule has 0 spiro atoms. The monoisotopic (exact) mass is 388 g/mol. The summed E-state index contributed by atoms with van der Waals surface area (Å²) < 4.78 is 23.0. The largest absolute Gasteiger partial charge is 0.497 e. The number of hydrogen-bond acceptors (Lipinski definition) is 6. The fourth-order valence-corrected chi connectivity index (χ4v) is 3.85. The zero-order valence-corrected chi connectivity index (χ0v) is 16.1. The number of hydrogen-bond donors (Lipinski definition) is 1. The van der Waals surface area contributed by atoms with E-state index in [0.29, 0.717) is 29.4 Å². The van der Waals surface area contributed by atoms with Crippen LogP contribution >= 0.6 is 11.3 Å². The Kier molecular flexibility index (Phi) is 5.71. The highest BCUT2D eigenvalue weighted by atomic mass is 32.1. The van der Waals surface area contributed by atoms with Crippen molar-refractivity contribution in [2.24, 2.45) is 0 Å². The molecule has 27 heavy (non-hydrogen) atoms. The molecule has 0 aliphatic rings. The third-order valence-corrected chi connectivity index (χ3v) is 5.26. The van der Waals surface area contributed by atoms with Crippen molar-refractivity contribution in [2.45, 2.75) is 12.8 Å². The summed E-state index contributed by atoms with van der Waals surface area (Å²) in [5.74, 6) is 2.37. The summed E-state index contributed by atoms with van der Waals surface area (Å²) in [7, 11) is 4.76. The van der Waals surface area contributed by atoms with Crippen molar-refractivity contribution in [3.8, 4) is 28.7 Å². The van der Waals surface area contributed by atoms with Gasteiger partial charge in [0.2, 0.25) is 0 Å². The lowest BCUT2D eigenvalue weighted by molar-refractivity contribution is -0.136. The van der Waals surface area contributed by atoms with Crippen LogP contribution in [0.5, 0.6) is 28.7 Å². The van der Waals surface area contributed by atoms with Gasteiger partial charge in [-0.3, -0.25) is 4.79 Å². The molecule has 0 bridgehead atoms. The van der Waals surface area contributed by atoms with Crippen molar-refractivity contribution in [2.75, 3.05) is 21.3 Å². The number of aliphatic carboxylic acids is 1. The number of fused-ring (bicyclic) bond motifs is 1. The van der Waals surface area contributed by atoms with Crippen LogP contribution in [0.3, 0.4) is 0 Å². The maximum absolute atomic E-state index is 11.0. The molecule has 0 saturated carbocycles. The third kappa shape index (κ3) is 4.09. The van der Waals surface area contributed by atoms with Gasteiger partial charge in [-0.05, 0) is 36.8 Å². The smallest absolute Gasteiger partial charge is 0.303 e. The second-order valence-electron chi connectivity index (χ2n) is 5.73. The number of rotatable bonds is 8. The minimum absolute atomic E-state index is 0.0278. The van der Waals surface area contributed by atoms with Gasteiger partial charge < -0.3 is 24.1 Å². The molecule has 0 radical (unpaired) electrons. The lowest BCUT2D eigenvalue weighted by Gasteiger charge is -2.10. The van der Waals surface area contributed by atoms with E-state index in [2.05, 4.69) is 0 Å². The average molecular weight is 388 g/mol. The van der Waals surface area contributed by atoms with Crippen molar-refractivity contribution in [1.29, 1.82) is 0 Å². The molecule has 2 aromatic carbocycles. The van der Waals surface area contributed by atoms with Crippen molar-refractivity contribution in [1.82, 2.24) is 0 Å². The van der Waals surface area contributed by atoms with Gasteiger partial charge in [0.05, 0.1) is 27.8 Å². The first-order valence-electron chi connectivity index (χ1n) is 8.26. The number of benzene rings is 2. The van der Waals surface area contributed by atoms with Gasteiger partial charge >= 0.3 is 5.97 Å². The van der Waals surface area contributed by atoms with E-state index in [1.165, 1.54) is 11.3 Å². The summed E-state index contributed by atoms with van der Waals surface area (Å²) in [5, 5.41) is 9.92. The van der Waals surface area contributed by atoms with Crippen LogP contribution in [0, 0.1) is 0 Å². The first-order chi connectivity index (χ1) is 13.0. The van der Waals surface area contributed by atoms with Gasteiger partial charge in [0.1, 0.15) is 17.2 Å². The maximum Gasteiger partial charge on any atom is 0.303 e. The predicted molar refractivity (Wildman–Crippen MR) is 104 cm³/mol. The molecule has 1 aromatic heterocycles. The van der Waals surface area contributed by atoms with Gasteiger partial charge in [0, 0.05) is 21.0 Å². The van der Waals surface area contributed by atoms with Crippen LogP contribution in [0.15, 0.2) is 36.4 Å². The van der Waals surface area contributed by atoms with Crippen LogP contribution < -0.4 is 18.9 Å². The minimum atomic E-state index is -0.849. The maximum atomic E-state index is 11.0.